The number of piperidine rings is 1. The molecule has 2 atom stereocenters. The lowest BCUT2D eigenvalue weighted by atomic mass is 9.83. The van der Waals surface area contributed by atoms with E-state index in [2.05, 4.69) is 11.8 Å². The van der Waals surface area contributed by atoms with Crippen LogP contribution in [0.25, 0.3) is 0 Å². The normalized spacial score (nSPS) is 32.8. The Kier molecular flexibility index (Phi) is 3.85. The van der Waals surface area contributed by atoms with E-state index in [1.807, 2.05) is 0 Å². The molecule has 1 saturated heterocycles. The van der Waals surface area contributed by atoms with Gasteiger partial charge in [-0.2, -0.15) is 0 Å². The molecule has 0 unspecified atom stereocenters. The van der Waals surface area contributed by atoms with Crippen molar-refractivity contribution in [3.63, 3.8) is 0 Å². The first-order valence-electron chi connectivity index (χ1n) is 6.73. The van der Waals surface area contributed by atoms with Gasteiger partial charge in [0.15, 0.2) is 0 Å². The van der Waals surface area contributed by atoms with E-state index in [-0.39, 0.29) is 12.0 Å². The molecule has 1 aliphatic heterocycles. The van der Waals surface area contributed by atoms with Gasteiger partial charge in [-0.25, -0.2) is 0 Å². The van der Waals surface area contributed by atoms with E-state index in [0.29, 0.717) is 5.91 Å². The van der Waals surface area contributed by atoms with Crippen molar-refractivity contribution in [3.8, 4) is 0 Å². The summed E-state index contributed by atoms with van der Waals surface area (Å²) in [6.45, 7) is 4.17. The molecule has 2 aliphatic rings. The van der Waals surface area contributed by atoms with Crippen LogP contribution in [0, 0.1) is 11.8 Å². The van der Waals surface area contributed by atoms with Crippen LogP contribution in [0.15, 0.2) is 0 Å². The van der Waals surface area contributed by atoms with E-state index in [9.17, 15) is 4.79 Å². The predicted molar refractivity (Wildman–Crippen MR) is 64.9 cm³/mol. The quantitative estimate of drug-likeness (QED) is 0.737. The predicted octanol–water partition coefficient (Wildman–Crippen LogP) is 1.76. The molecule has 1 heterocycles. The highest BCUT2D eigenvalue weighted by atomic mass is 16.2. The van der Waals surface area contributed by atoms with Crippen LogP contribution in [0.4, 0.5) is 0 Å². The van der Waals surface area contributed by atoms with Crippen molar-refractivity contribution in [2.45, 2.75) is 51.5 Å². The fourth-order valence-electron chi connectivity index (χ4n) is 2.93. The van der Waals surface area contributed by atoms with Crippen LogP contribution < -0.4 is 5.73 Å². The van der Waals surface area contributed by atoms with E-state index < -0.39 is 0 Å². The minimum absolute atomic E-state index is 0.112. The average molecular weight is 224 g/mol. The van der Waals surface area contributed by atoms with Gasteiger partial charge in [0.1, 0.15) is 0 Å². The number of hydrogen-bond acceptors (Lipinski definition) is 2. The van der Waals surface area contributed by atoms with Gasteiger partial charge in [-0.3, -0.25) is 4.79 Å². The van der Waals surface area contributed by atoms with E-state index >= 15 is 0 Å². The van der Waals surface area contributed by atoms with Crippen molar-refractivity contribution in [2.24, 2.45) is 17.6 Å². The highest BCUT2D eigenvalue weighted by molar-refractivity contribution is 5.79. The lowest BCUT2D eigenvalue weighted by Gasteiger charge is -2.36. The Morgan fingerprint density at radius 2 is 1.75 bits per heavy atom. The monoisotopic (exact) mass is 224 g/mol. The van der Waals surface area contributed by atoms with Gasteiger partial charge in [0, 0.05) is 19.1 Å². The SMILES string of the molecule is CC1CCN(C(=O)[C@H]2CCCC[C@@H]2N)CC1. The van der Waals surface area contributed by atoms with Gasteiger partial charge in [-0.15, -0.1) is 0 Å². The average Bonchev–Trinajstić information content (AvgIpc) is 2.30. The van der Waals surface area contributed by atoms with Crippen LogP contribution in [0.3, 0.4) is 0 Å². The van der Waals surface area contributed by atoms with Crippen molar-refractivity contribution in [2.75, 3.05) is 13.1 Å². The molecule has 0 aromatic carbocycles. The molecule has 1 amide bonds. The van der Waals surface area contributed by atoms with Crippen LogP contribution in [0.2, 0.25) is 0 Å². The number of nitrogens with zero attached hydrogens (tertiary/aromatic N) is 1. The van der Waals surface area contributed by atoms with Gasteiger partial charge >= 0.3 is 0 Å². The molecule has 92 valence electrons. The van der Waals surface area contributed by atoms with Crippen molar-refractivity contribution in [3.05, 3.63) is 0 Å². The summed E-state index contributed by atoms with van der Waals surface area (Å²) in [7, 11) is 0. The Bertz CT molecular complexity index is 246. The molecule has 0 radical (unpaired) electrons. The number of carbonyl (C=O) groups excluding carboxylic acids is 1. The zero-order valence-electron chi connectivity index (χ0n) is 10.3. The Balaban J connectivity index is 1.90. The smallest absolute Gasteiger partial charge is 0.227 e. The highest BCUT2D eigenvalue weighted by Gasteiger charge is 2.32. The lowest BCUT2D eigenvalue weighted by Crippen LogP contribution is -2.48. The number of hydrogen-bond donors (Lipinski definition) is 1. The molecule has 2 rings (SSSR count). The summed E-state index contributed by atoms with van der Waals surface area (Å²) >= 11 is 0. The third kappa shape index (κ3) is 2.57. The number of amides is 1. The van der Waals surface area contributed by atoms with Crippen LogP contribution in [-0.2, 0) is 4.79 Å². The van der Waals surface area contributed by atoms with Gasteiger partial charge in [-0.1, -0.05) is 19.8 Å². The fourth-order valence-corrected chi connectivity index (χ4v) is 2.93. The maximum atomic E-state index is 12.3. The maximum Gasteiger partial charge on any atom is 0.227 e. The third-order valence-electron chi connectivity index (χ3n) is 4.23. The third-order valence-corrected chi connectivity index (χ3v) is 4.23. The summed E-state index contributed by atoms with van der Waals surface area (Å²) in [5.74, 6) is 1.23. The zero-order chi connectivity index (χ0) is 11.5. The fraction of sp³-hybridized carbons (Fsp3) is 0.923. The second-order valence-corrected chi connectivity index (χ2v) is 5.56. The van der Waals surface area contributed by atoms with Crippen molar-refractivity contribution >= 4 is 5.91 Å². The van der Waals surface area contributed by atoms with Gasteiger partial charge in [-0.05, 0) is 31.6 Å². The van der Waals surface area contributed by atoms with E-state index in [0.717, 1.165) is 44.7 Å². The van der Waals surface area contributed by atoms with E-state index in [1.165, 1.54) is 12.8 Å². The van der Waals surface area contributed by atoms with Crippen LogP contribution in [0.1, 0.15) is 45.4 Å². The summed E-state index contributed by atoms with van der Waals surface area (Å²) in [6, 6.07) is 0.112. The molecular weight excluding hydrogens is 200 g/mol. The topological polar surface area (TPSA) is 46.3 Å². The molecular formula is C13H24N2O. The maximum absolute atomic E-state index is 12.3. The Hall–Kier alpha value is -0.570. The molecule has 0 spiro atoms. The van der Waals surface area contributed by atoms with Gasteiger partial charge in [0.25, 0.3) is 0 Å². The number of nitrogens with two attached hydrogens (primary N) is 1. The lowest BCUT2D eigenvalue weighted by molar-refractivity contribution is -0.138. The highest BCUT2D eigenvalue weighted by Crippen LogP contribution is 2.26. The summed E-state index contributed by atoms with van der Waals surface area (Å²) < 4.78 is 0. The van der Waals surface area contributed by atoms with Crippen LogP contribution in [0.5, 0.6) is 0 Å². The standard InChI is InChI=1S/C13H24N2O/c1-10-6-8-15(9-7-10)13(16)11-4-2-3-5-12(11)14/h10-12H,2-9,14H2,1H3/t11-,12-/m0/s1. The first kappa shape index (κ1) is 11.9. The van der Waals surface area contributed by atoms with E-state index in [1.54, 1.807) is 0 Å². The number of rotatable bonds is 1. The number of carbonyl (C=O) groups is 1. The summed E-state index contributed by atoms with van der Waals surface area (Å²) in [4.78, 5) is 14.4. The number of likely N-dealkylation sites (tertiary alicyclic amines) is 1. The molecule has 1 saturated carbocycles. The largest absolute Gasteiger partial charge is 0.342 e. The molecule has 2 N–H and O–H groups in total. The van der Waals surface area contributed by atoms with Gasteiger partial charge in [0.05, 0.1) is 5.92 Å². The molecule has 0 bridgehead atoms. The first-order chi connectivity index (χ1) is 7.68. The van der Waals surface area contributed by atoms with E-state index in [4.69, 9.17) is 5.73 Å². The molecule has 0 aromatic heterocycles. The second kappa shape index (κ2) is 5.17. The molecule has 1 aliphatic carbocycles. The summed E-state index contributed by atoms with van der Waals surface area (Å²) in [6.07, 6.45) is 6.73. The molecule has 2 fully saturated rings. The minimum Gasteiger partial charge on any atom is -0.342 e. The Morgan fingerprint density at radius 1 is 1.12 bits per heavy atom. The molecule has 16 heavy (non-hydrogen) atoms. The minimum atomic E-state index is 0.112. The molecule has 0 aromatic rings. The second-order valence-electron chi connectivity index (χ2n) is 5.56. The Labute approximate surface area is 98.4 Å². The van der Waals surface area contributed by atoms with Crippen molar-refractivity contribution in [1.82, 2.24) is 4.90 Å². The zero-order valence-corrected chi connectivity index (χ0v) is 10.3. The van der Waals surface area contributed by atoms with Gasteiger partial charge < -0.3 is 10.6 Å². The first-order valence-corrected chi connectivity index (χ1v) is 6.73. The molecule has 3 heteroatoms. The van der Waals surface area contributed by atoms with Gasteiger partial charge in [0.2, 0.25) is 5.91 Å². The Morgan fingerprint density at radius 3 is 2.38 bits per heavy atom. The summed E-state index contributed by atoms with van der Waals surface area (Å²) in [5.41, 5.74) is 6.07. The molecule has 3 nitrogen and oxygen atoms in total. The van der Waals surface area contributed by atoms with Crippen molar-refractivity contribution in [1.29, 1.82) is 0 Å². The van der Waals surface area contributed by atoms with Crippen molar-refractivity contribution < 1.29 is 4.79 Å². The van der Waals surface area contributed by atoms with Crippen LogP contribution in [-0.4, -0.2) is 29.9 Å². The summed E-state index contributed by atoms with van der Waals surface area (Å²) in [5, 5.41) is 0. The van der Waals surface area contributed by atoms with Crippen LogP contribution >= 0.6 is 0 Å².